The van der Waals surface area contributed by atoms with Crippen molar-refractivity contribution in [1.82, 2.24) is 15.3 Å². The van der Waals surface area contributed by atoms with Crippen LogP contribution in [-0.2, 0) is 11.2 Å². The fourth-order valence-electron chi connectivity index (χ4n) is 2.47. The van der Waals surface area contributed by atoms with E-state index in [1.807, 2.05) is 48.5 Å². The third-order valence-corrected chi connectivity index (χ3v) is 3.69. The maximum absolute atomic E-state index is 11.5. The minimum Gasteiger partial charge on any atom is -0.346 e. The van der Waals surface area contributed by atoms with Crippen LogP contribution in [-0.4, -0.2) is 15.9 Å². The average molecular weight is 314 g/mol. The van der Waals surface area contributed by atoms with E-state index < -0.39 is 0 Å². The Morgan fingerprint density at radius 3 is 2.77 bits per heavy atom. The van der Waals surface area contributed by atoms with E-state index in [-0.39, 0.29) is 11.9 Å². The average Bonchev–Trinajstić information content (AvgIpc) is 2.90. The van der Waals surface area contributed by atoms with E-state index in [4.69, 9.17) is 11.6 Å². The molecule has 0 spiro atoms. The summed E-state index contributed by atoms with van der Waals surface area (Å²) in [5, 5.41) is 3.60. The molecule has 5 heteroatoms. The summed E-state index contributed by atoms with van der Waals surface area (Å²) in [5.74, 6) is 0.649. The molecule has 1 heterocycles. The molecule has 0 bridgehead atoms. The minimum absolute atomic E-state index is 0.0839. The molecule has 0 aliphatic rings. The molecule has 0 fully saturated rings. The van der Waals surface area contributed by atoms with Crippen molar-refractivity contribution in [3.63, 3.8) is 0 Å². The summed E-state index contributed by atoms with van der Waals surface area (Å²) in [6.07, 6.45) is 0.675. The summed E-state index contributed by atoms with van der Waals surface area (Å²) in [6.45, 7) is 1.51. The van der Waals surface area contributed by atoms with E-state index in [1.54, 1.807) is 0 Å². The Bertz CT molecular complexity index is 798. The molecule has 22 heavy (non-hydrogen) atoms. The Kier molecular flexibility index (Phi) is 4.11. The van der Waals surface area contributed by atoms with Gasteiger partial charge in [0.25, 0.3) is 0 Å². The summed E-state index contributed by atoms with van der Waals surface area (Å²) < 4.78 is 0. The van der Waals surface area contributed by atoms with E-state index in [0.29, 0.717) is 11.4 Å². The highest BCUT2D eigenvalue weighted by Crippen LogP contribution is 2.22. The fourth-order valence-corrected chi connectivity index (χ4v) is 2.64. The van der Waals surface area contributed by atoms with Gasteiger partial charge in [0.05, 0.1) is 17.1 Å². The first-order valence-electron chi connectivity index (χ1n) is 7.08. The largest absolute Gasteiger partial charge is 0.346 e. The van der Waals surface area contributed by atoms with Crippen molar-refractivity contribution < 1.29 is 4.79 Å². The van der Waals surface area contributed by atoms with Gasteiger partial charge in [-0.1, -0.05) is 41.9 Å². The molecule has 0 saturated carbocycles. The number of benzene rings is 2. The van der Waals surface area contributed by atoms with Crippen molar-refractivity contribution in [2.24, 2.45) is 0 Å². The molecule has 112 valence electrons. The third kappa shape index (κ3) is 3.28. The van der Waals surface area contributed by atoms with Gasteiger partial charge in [0.1, 0.15) is 5.82 Å². The van der Waals surface area contributed by atoms with Crippen LogP contribution in [0.4, 0.5) is 0 Å². The number of nitrogens with zero attached hydrogens (tertiary/aromatic N) is 1. The summed E-state index contributed by atoms with van der Waals surface area (Å²) in [5.41, 5.74) is 2.84. The lowest BCUT2D eigenvalue weighted by atomic mass is 10.1. The Morgan fingerprint density at radius 1 is 1.27 bits per heavy atom. The Morgan fingerprint density at radius 2 is 2.05 bits per heavy atom. The Hall–Kier alpha value is -2.33. The van der Waals surface area contributed by atoms with Gasteiger partial charge in [-0.25, -0.2) is 4.98 Å². The number of rotatable bonds is 4. The van der Waals surface area contributed by atoms with E-state index in [0.717, 1.165) is 22.4 Å². The van der Waals surface area contributed by atoms with Crippen LogP contribution in [0.15, 0.2) is 48.5 Å². The summed E-state index contributed by atoms with van der Waals surface area (Å²) in [4.78, 5) is 19.3. The van der Waals surface area contributed by atoms with Gasteiger partial charge >= 0.3 is 0 Å². The number of halogens is 1. The molecule has 0 saturated heterocycles. The SMILES string of the molecule is CC(=O)NC(Cc1ccccc1)c1nc2cc(Cl)ccc2[nH]1. The normalized spacial score (nSPS) is 12.3. The van der Waals surface area contributed by atoms with Crippen LogP contribution in [0.1, 0.15) is 24.4 Å². The number of carbonyl (C=O) groups excluding carboxylic acids is 1. The van der Waals surface area contributed by atoms with Crippen LogP contribution >= 0.6 is 11.6 Å². The van der Waals surface area contributed by atoms with Gasteiger partial charge in [0.15, 0.2) is 0 Å². The fraction of sp³-hybridized carbons (Fsp3) is 0.176. The molecule has 1 unspecified atom stereocenters. The van der Waals surface area contributed by atoms with Gasteiger partial charge in [-0.15, -0.1) is 0 Å². The van der Waals surface area contributed by atoms with Gasteiger partial charge in [-0.3, -0.25) is 4.79 Å². The van der Waals surface area contributed by atoms with Gasteiger partial charge in [0.2, 0.25) is 5.91 Å². The van der Waals surface area contributed by atoms with Gasteiger partial charge in [-0.05, 0) is 30.2 Å². The second-order valence-electron chi connectivity index (χ2n) is 5.23. The number of carbonyl (C=O) groups is 1. The quantitative estimate of drug-likeness (QED) is 0.772. The highest BCUT2D eigenvalue weighted by Gasteiger charge is 2.17. The van der Waals surface area contributed by atoms with Crippen LogP contribution in [0.25, 0.3) is 11.0 Å². The highest BCUT2D eigenvalue weighted by molar-refractivity contribution is 6.31. The maximum Gasteiger partial charge on any atom is 0.217 e. The molecule has 2 aromatic carbocycles. The molecule has 4 nitrogen and oxygen atoms in total. The number of hydrogen-bond acceptors (Lipinski definition) is 2. The smallest absolute Gasteiger partial charge is 0.217 e. The van der Waals surface area contributed by atoms with Crippen molar-refractivity contribution in [3.05, 3.63) is 64.9 Å². The monoisotopic (exact) mass is 313 g/mol. The topological polar surface area (TPSA) is 57.8 Å². The number of aromatic nitrogens is 2. The zero-order chi connectivity index (χ0) is 15.5. The molecule has 1 atom stereocenters. The number of imidazole rings is 1. The molecular weight excluding hydrogens is 298 g/mol. The molecule has 2 N–H and O–H groups in total. The predicted octanol–water partition coefficient (Wildman–Crippen LogP) is 3.64. The minimum atomic E-state index is -0.203. The first kappa shape index (κ1) is 14.6. The van der Waals surface area contributed by atoms with Crippen molar-refractivity contribution >= 4 is 28.5 Å². The van der Waals surface area contributed by atoms with Crippen molar-refractivity contribution in [1.29, 1.82) is 0 Å². The number of H-pyrrole nitrogens is 1. The molecule has 1 amide bonds. The maximum atomic E-state index is 11.5. The van der Waals surface area contributed by atoms with Gasteiger partial charge < -0.3 is 10.3 Å². The van der Waals surface area contributed by atoms with Crippen molar-refractivity contribution in [2.45, 2.75) is 19.4 Å². The van der Waals surface area contributed by atoms with Gasteiger partial charge in [0, 0.05) is 11.9 Å². The van der Waals surface area contributed by atoms with Crippen LogP contribution < -0.4 is 5.32 Å². The van der Waals surface area contributed by atoms with E-state index in [9.17, 15) is 4.79 Å². The summed E-state index contributed by atoms with van der Waals surface area (Å²) in [6, 6.07) is 15.3. The van der Waals surface area contributed by atoms with Crippen LogP contribution in [0.5, 0.6) is 0 Å². The molecule has 3 rings (SSSR count). The standard InChI is InChI=1S/C17H16ClN3O/c1-11(22)19-16(9-12-5-3-2-4-6-12)17-20-14-8-7-13(18)10-15(14)21-17/h2-8,10,16H,9H2,1H3,(H,19,22)(H,20,21). The zero-order valence-electron chi connectivity index (χ0n) is 12.1. The third-order valence-electron chi connectivity index (χ3n) is 3.45. The number of nitrogens with one attached hydrogen (secondary N) is 2. The molecule has 0 aliphatic heterocycles. The number of amides is 1. The Balaban J connectivity index is 1.94. The van der Waals surface area contributed by atoms with Crippen molar-refractivity contribution in [3.8, 4) is 0 Å². The van der Waals surface area contributed by atoms with Crippen LogP contribution in [0.3, 0.4) is 0 Å². The lowest BCUT2D eigenvalue weighted by Gasteiger charge is -2.15. The molecular formula is C17H16ClN3O. The Labute approximate surface area is 133 Å². The summed E-state index contributed by atoms with van der Waals surface area (Å²) in [7, 11) is 0. The molecule has 1 aromatic heterocycles. The van der Waals surface area contributed by atoms with Crippen LogP contribution in [0.2, 0.25) is 5.02 Å². The molecule has 0 radical (unpaired) electrons. The second-order valence-corrected chi connectivity index (χ2v) is 5.66. The van der Waals surface area contributed by atoms with Gasteiger partial charge in [-0.2, -0.15) is 0 Å². The van der Waals surface area contributed by atoms with E-state index >= 15 is 0 Å². The lowest BCUT2D eigenvalue weighted by Crippen LogP contribution is -2.28. The van der Waals surface area contributed by atoms with Crippen molar-refractivity contribution in [2.75, 3.05) is 0 Å². The predicted molar refractivity (Wildman–Crippen MR) is 87.8 cm³/mol. The molecule has 0 aliphatic carbocycles. The molecule has 3 aromatic rings. The highest BCUT2D eigenvalue weighted by atomic mass is 35.5. The number of hydrogen-bond donors (Lipinski definition) is 2. The lowest BCUT2D eigenvalue weighted by molar-refractivity contribution is -0.119. The van der Waals surface area contributed by atoms with E-state index in [2.05, 4.69) is 15.3 Å². The number of fused-ring (bicyclic) bond motifs is 1. The summed E-state index contributed by atoms with van der Waals surface area (Å²) >= 11 is 6.00. The first-order chi connectivity index (χ1) is 10.6. The van der Waals surface area contributed by atoms with Crippen LogP contribution in [0, 0.1) is 0 Å². The van der Waals surface area contributed by atoms with E-state index in [1.165, 1.54) is 6.92 Å². The number of aromatic amines is 1. The first-order valence-corrected chi connectivity index (χ1v) is 7.46. The zero-order valence-corrected chi connectivity index (χ0v) is 12.9. The second kappa shape index (κ2) is 6.20.